The van der Waals surface area contributed by atoms with Crippen LogP contribution in [0.2, 0.25) is 0 Å². The Morgan fingerprint density at radius 2 is 2.00 bits per heavy atom. The van der Waals surface area contributed by atoms with Crippen molar-refractivity contribution in [2.24, 2.45) is 0 Å². The van der Waals surface area contributed by atoms with Crippen LogP contribution in [0.25, 0.3) is 0 Å². The molecule has 1 aliphatic rings. The van der Waals surface area contributed by atoms with E-state index in [2.05, 4.69) is 5.32 Å². The molecule has 0 saturated carbocycles. The molecule has 2 aromatic carbocycles. The van der Waals surface area contributed by atoms with E-state index in [-0.39, 0.29) is 24.8 Å². The van der Waals surface area contributed by atoms with E-state index in [1.54, 1.807) is 18.2 Å². The molecule has 0 bridgehead atoms. The highest BCUT2D eigenvalue weighted by Crippen LogP contribution is 2.35. The second kappa shape index (κ2) is 6.22. The first-order chi connectivity index (χ1) is 11.1. The lowest BCUT2D eigenvalue weighted by atomic mass is 10.2. The number of amides is 1. The van der Waals surface area contributed by atoms with Crippen molar-refractivity contribution in [3.63, 3.8) is 0 Å². The molecule has 1 aliphatic heterocycles. The minimum atomic E-state index is -0.671. The summed E-state index contributed by atoms with van der Waals surface area (Å²) in [6.07, 6.45) is -0.671. The molecule has 0 spiro atoms. The van der Waals surface area contributed by atoms with Gasteiger partial charge in [-0.15, -0.1) is 0 Å². The van der Waals surface area contributed by atoms with E-state index in [0.717, 1.165) is 5.56 Å². The number of benzene rings is 2. The molecule has 1 heterocycles. The summed E-state index contributed by atoms with van der Waals surface area (Å²) in [5.74, 6) is 1.45. The van der Waals surface area contributed by atoms with Gasteiger partial charge in [-0.2, -0.15) is 0 Å². The van der Waals surface area contributed by atoms with Gasteiger partial charge in [-0.3, -0.25) is 10.1 Å². The number of nitro benzene ring substituents is 1. The van der Waals surface area contributed by atoms with Gasteiger partial charge in [-0.25, -0.2) is 4.79 Å². The van der Waals surface area contributed by atoms with Crippen molar-refractivity contribution >= 4 is 11.8 Å². The number of nitrogens with zero attached hydrogens (tertiary/aromatic N) is 1. The summed E-state index contributed by atoms with van der Waals surface area (Å²) in [6.45, 7) is 0.359. The lowest BCUT2D eigenvalue weighted by molar-refractivity contribution is -0.384. The predicted octanol–water partition coefficient (Wildman–Crippen LogP) is 2.61. The van der Waals surface area contributed by atoms with Crippen molar-refractivity contribution in [2.75, 3.05) is 6.79 Å². The van der Waals surface area contributed by atoms with Gasteiger partial charge in [0.05, 0.1) is 4.92 Å². The monoisotopic (exact) mass is 316 g/mol. The molecule has 1 N–H and O–H groups in total. The van der Waals surface area contributed by atoms with Crippen molar-refractivity contribution in [3.05, 3.63) is 58.1 Å². The first-order valence-electron chi connectivity index (χ1n) is 6.71. The summed E-state index contributed by atoms with van der Waals surface area (Å²) >= 11 is 0. The number of carbonyl (C=O) groups is 1. The molecule has 118 valence electrons. The van der Waals surface area contributed by atoms with Gasteiger partial charge in [-0.1, -0.05) is 12.1 Å². The van der Waals surface area contributed by atoms with Gasteiger partial charge in [0.2, 0.25) is 6.79 Å². The number of hydrogen-bond donors (Lipinski definition) is 1. The van der Waals surface area contributed by atoms with E-state index in [1.165, 1.54) is 24.3 Å². The molecule has 0 aromatic heterocycles. The molecule has 0 unspecified atom stereocenters. The Labute approximate surface area is 130 Å². The minimum absolute atomic E-state index is 0.0743. The third-order valence-corrected chi connectivity index (χ3v) is 3.16. The molecular formula is C15H12N2O6. The van der Waals surface area contributed by atoms with E-state index >= 15 is 0 Å². The van der Waals surface area contributed by atoms with E-state index in [4.69, 9.17) is 14.2 Å². The van der Waals surface area contributed by atoms with Gasteiger partial charge >= 0.3 is 6.09 Å². The Morgan fingerprint density at radius 3 is 2.74 bits per heavy atom. The second-order valence-corrected chi connectivity index (χ2v) is 4.65. The molecule has 0 saturated heterocycles. The van der Waals surface area contributed by atoms with E-state index in [9.17, 15) is 14.9 Å². The summed E-state index contributed by atoms with van der Waals surface area (Å²) in [4.78, 5) is 21.8. The topological polar surface area (TPSA) is 99.9 Å². The lowest BCUT2D eigenvalue weighted by Crippen LogP contribution is -2.26. The highest BCUT2D eigenvalue weighted by Gasteiger charge is 2.17. The number of fused-ring (bicyclic) bond motifs is 1. The molecule has 23 heavy (non-hydrogen) atoms. The zero-order chi connectivity index (χ0) is 16.2. The molecule has 8 heteroatoms. The van der Waals surface area contributed by atoms with Crippen LogP contribution in [0, 0.1) is 10.1 Å². The smallest absolute Gasteiger partial charge is 0.412 e. The zero-order valence-corrected chi connectivity index (χ0v) is 11.9. The number of nitro groups is 1. The molecular weight excluding hydrogens is 304 g/mol. The van der Waals surface area contributed by atoms with Crippen LogP contribution in [0.4, 0.5) is 10.5 Å². The first kappa shape index (κ1) is 14.6. The number of rotatable bonds is 4. The second-order valence-electron chi connectivity index (χ2n) is 4.65. The third-order valence-electron chi connectivity index (χ3n) is 3.16. The maximum Gasteiger partial charge on any atom is 0.412 e. The Balaban J connectivity index is 1.58. The maximum atomic E-state index is 11.8. The van der Waals surface area contributed by atoms with Gasteiger partial charge in [0.25, 0.3) is 5.69 Å². The van der Waals surface area contributed by atoms with Crippen molar-refractivity contribution < 1.29 is 23.9 Å². The molecule has 3 rings (SSSR count). The molecule has 2 aromatic rings. The van der Waals surface area contributed by atoms with Gasteiger partial charge in [0.15, 0.2) is 11.5 Å². The van der Waals surface area contributed by atoms with Gasteiger partial charge in [0, 0.05) is 24.2 Å². The highest BCUT2D eigenvalue weighted by atomic mass is 16.7. The fourth-order valence-corrected chi connectivity index (χ4v) is 2.08. The molecule has 0 fully saturated rings. The first-order valence-corrected chi connectivity index (χ1v) is 6.71. The summed E-state index contributed by atoms with van der Waals surface area (Å²) in [5, 5.41) is 13.1. The number of carbonyl (C=O) groups excluding carboxylic acids is 1. The fourth-order valence-electron chi connectivity index (χ4n) is 2.08. The average molecular weight is 316 g/mol. The standard InChI is InChI=1S/C15H12N2O6/c18-15(23-12-6-4-11(5-7-12)17(19)20)16-8-10-2-1-3-13-14(10)22-9-21-13/h1-7H,8-9H2,(H,16,18). The molecule has 8 nitrogen and oxygen atoms in total. The largest absolute Gasteiger partial charge is 0.454 e. The van der Waals surface area contributed by atoms with E-state index in [1.807, 2.05) is 0 Å². The SMILES string of the molecule is O=C(NCc1cccc2c1OCO2)Oc1ccc([N+](=O)[O-])cc1. The summed E-state index contributed by atoms with van der Waals surface area (Å²) in [5.41, 5.74) is 0.690. The number of non-ortho nitro benzene ring substituents is 1. The zero-order valence-electron chi connectivity index (χ0n) is 11.9. The molecule has 1 amide bonds. The van der Waals surface area contributed by atoms with Crippen LogP contribution in [-0.4, -0.2) is 17.8 Å². The number of para-hydroxylation sites is 1. The van der Waals surface area contributed by atoms with Crippen LogP contribution in [-0.2, 0) is 6.54 Å². The highest BCUT2D eigenvalue weighted by molar-refractivity contribution is 5.70. The number of ether oxygens (including phenoxy) is 3. The van der Waals surface area contributed by atoms with E-state index in [0.29, 0.717) is 11.5 Å². The number of hydrogen-bond acceptors (Lipinski definition) is 6. The molecule has 0 radical (unpaired) electrons. The van der Waals surface area contributed by atoms with Crippen molar-refractivity contribution in [3.8, 4) is 17.2 Å². The summed E-state index contributed by atoms with van der Waals surface area (Å²) in [7, 11) is 0. The van der Waals surface area contributed by atoms with Crippen LogP contribution in [0.15, 0.2) is 42.5 Å². The van der Waals surface area contributed by atoms with Gasteiger partial charge < -0.3 is 19.5 Å². The van der Waals surface area contributed by atoms with Crippen LogP contribution in [0.5, 0.6) is 17.2 Å². The Bertz CT molecular complexity index is 744. The van der Waals surface area contributed by atoms with E-state index < -0.39 is 11.0 Å². The normalized spacial score (nSPS) is 11.8. The Morgan fingerprint density at radius 1 is 1.22 bits per heavy atom. The van der Waals surface area contributed by atoms with Gasteiger partial charge in [-0.05, 0) is 18.2 Å². The minimum Gasteiger partial charge on any atom is -0.454 e. The summed E-state index contributed by atoms with van der Waals surface area (Å²) < 4.78 is 15.6. The predicted molar refractivity (Wildman–Crippen MR) is 78.5 cm³/mol. The Hall–Kier alpha value is -3.29. The molecule has 0 atom stereocenters. The summed E-state index contributed by atoms with van der Waals surface area (Å²) in [6, 6.07) is 10.6. The Kier molecular flexibility index (Phi) is 3.96. The van der Waals surface area contributed by atoms with Crippen molar-refractivity contribution in [1.82, 2.24) is 5.32 Å². The maximum absolute atomic E-state index is 11.8. The van der Waals surface area contributed by atoms with Crippen LogP contribution >= 0.6 is 0 Å². The third kappa shape index (κ3) is 3.31. The number of nitrogens with one attached hydrogen (secondary N) is 1. The van der Waals surface area contributed by atoms with Gasteiger partial charge in [0.1, 0.15) is 5.75 Å². The van der Waals surface area contributed by atoms with Crippen LogP contribution in [0.1, 0.15) is 5.56 Å². The van der Waals surface area contributed by atoms with Crippen LogP contribution in [0.3, 0.4) is 0 Å². The average Bonchev–Trinajstić information content (AvgIpc) is 3.02. The van der Waals surface area contributed by atoms with Crippen molar-refractivity contribution in [2.45, 2.75) is 6.54 Å². The van der Waals surface area contributed by atoms with Crippen molar-refractivity contribution in [1.29, 1.82) is 0 Å². The van der Waals surface area contributed by atoms with Crippen LogP contribution < -0.4 is 19.5 Å². The molecule has 0 aliphatic carbocycles. The lowest BCUT2D eigenvalue weighted by Gasteiger charge is -2.08. The quantitative estimate of drug-likeness (QED) is 0.687. The fraction of sp³-hybridized carbons (Fsp3) is 0.133.